The summed E-state index contributed by atoms with van der Waals surface area (Å²) in [6, 6.07) is 8.86. The van der Waals surface area contributed by atoms with Crippen molar-refractivity contribution in [1.82, 2.24) is 9.21 Å². The van der Waals surface area contributed by atoms with Crippen LogP contribution in [0.25, 0.3) is 0 Å². The van der Waals surface area contributed by atoms with Crippen molar-refractivity contribution in [2.45, 2.75) is 56.0 Å². The minimum absolute atomic E-state index is 0.167. The molecule has 1 amide bonds. The fourth-order valence-corrected chi connectivity index (χ4v) is 6.17. The van der Waals surface area contributed by atoms with E-state index in [0.717, 1.165) is 43.4 Å². The highest BCUT2D eigenvalue weighted by Gasteiger charge is 2.35. The van der Waals surface area contributed by atoms with E-state index in [9.17, 15) is 13.2 Å². The molecule has 1 saturated heterocycles. The molecule has 0 N–H and O–H groups in total. The lowest BCUT2D eigenvalue weighted by Gasteiger charge is -2.24. The van der Waals surface area contributed by atoms with E-state index in [1.165, 1.54) is 13.2 Å². The standard InChI is InChI=1S/C22H28N2O4S2/c1-28-21-11-10-19(30(26,27)23-12-4-2-3-5-13-23)15-20(21)22(25)24(17-8-9-17)16-18-7-6-14-29-18/h6-7,10-11,14-15,17H,2-5,8-9,12-13,16H2,1H3. The van der Waals surface area contributed by atoms with Crippen LogP contribution in [0.3, 0.4) is 0 Å². The van der Waals surface area contributed by atoms with E-state index in [1.54, 1.807) is 27.8 Å². The molecular formula is C22H28N2O4S2. The van der Waals surface area contributed by atoms with Crippen molar-refractivity contribution in [2.24, 2.45) is 0 Å². The maximum atomic E-state index is 13.5. The van der Waals surface area contributed by atoms with Crippen LogP contribution in [0.15, 0.2) is 40.6 Å². The maximum Gasteiger partial charge on any atom is 0.258 e. The van der Waals surface area contributed by atoms with Gasteiger partial charge in [0.05, 0.1) is 24.1 Å². The van der Waals surface area contributed by atoms with Crippen LogP contribution in [0.4, 0.5) is 0 Å². The molecular weight excluding hydrogens is 420 g/mol. The van der Waals surface area contributed by atoms with Gasteiger partial charge in [-0.1, -0.05) is 18.9 Å². The first-order valence-electron chi connectivity index (χ1n) is 10.5. The minimum atomic E-state index is -3.64. The van der Waals surface area contributed by atoms with Crippen molar-refractivity contribution in [1.29, 1.82) is 0 Å². The van der Waals surface area contributed by atoms with E-state index in [1.807, 2.05) is 22.4 Å². The van der Waals surface area contributed by atoms with Gasteiger partial charge in [0.25, 0.3) is 5.91 Å². The van der Waals surface area contributed by atoms with Crippen molar-refractivity contribution in [3.8, 4) is 5.75 Å². The summed E-state index contributed by atoms with van der Waals surface area (Å²) in [7, 11) is -2.13. The Morgan fingerprint density at radius 1 is 1.17 bits per heavy atom. The molecule has 1 aromatic carbocycles. The third-order valence-electron chi connectivity index (χ3n) is 5.76. The highest BCUT2D eigenvalue weighted by molar-refractivity contribution is 7.89. The molecule has 8 heteroatoms. The number of ether oxygens (including phenoxy) is 1. The molecule has 30 heavy (non-hydrogen) atoms. The van der Waals surface area contributed by atoms with Crippen LogP contribution in [-0.2, 0) is 16.6 Å². The fourth-order valence-electron chi connectivity index (χ4n) is 3.92. The zero-order chi connectivity index (χ0) is 21.1. The predicted octanol–water partition coefficient (Wildman–Crippen LogP) is 4.13. The third-order valence-corrected chi connectivity index (χ3v) is 8.51. The van der Waals surface area contributed by atoms with Crippen LogP contribution in [0.1, 0.15) is 53.8 Å². The molecule has 0 bridgehead atoms. The van der Waals surface area contributed by atoms with Crippen molar-refractivity contribution in [3.63, 3.8) is 0 Å². The van der Waals surface area contributed by atoms with Crippen molar-refractivity contribution < 1.29 is 17.9 Å². The van der Waals surface area contributed by atoms with Gasteiger partial charge < -0.3 is 9.64 Å². The molecule has 2 heterocycles. The summed E-state index contributed by atoms with van der Waals surface area (Å²) in [6.07, 6.45) is 5.81. The van der Waals surface area contributed by atoms with Gasteiger partial charge in [0.15, 0.2) is 0 Å². The molecule has 1 saturated carbocycles. The lowest BCUT2D eigenvalue weighted by Crippen LogP contribution is -2.34. The molecule has 6 nitrogen and oxygen atoms in total. The lowest BCUT2D eigenvalue weighted by atomic mass is 10.1. The minimum Gasteiger partial charge on any atom is -0.496 e. The Balaban J connectivity index is 1.65. The summed E-state index contributed by atoms with van der Waals surface area (Å²) in [5, 5.41) is 2.00. The number of amides is 1. The first-order chi connectivity index (χ1) is 14.5. The Bertz CT molecular complexity index is 977. The van der Waals surface area contributed by atoms with Gasteiger partial charge in [-0.25, -0.2) is 8.42 Å². The molecule has 1 aliphatic carbocycles. The maximum absolute atomic E-state index is 13.5. The number of hydrogen-bond acceptors (Lipinski definition) is 5. The summed E-state index contributed by atoms with van der Waals surface area (Å²) in [5.74, 6) is 0.238. The number of hydrogen-bond donors (Lipinski definition) is 0. The molecule has 0 atom stereocenters. The Hall–Kier alpha value is -1.90. The van der Waals surface area contributed by atoms with Gasteiger partial charge in [-0.05, 0) is 55.3 Å². The van der Waals surface area contributed by atoms with Gasteiger partial charge in [-0.15, -0.1) is 11.3 Å². The Kier molecular flexibility index (Phi) is 6.46. The van der Waals surface area contributed by atoms with Crippen LogP contribution >= 0.6 is 11.3 Å². The molecule has 2 aliphatic rings. The van der Waals surface area contributed by atoms with Crippen molar-refractivity contribution in [3.05, 3.63) is 46.2 Å². The van der Waals surface area contributed by atoms with E-state index in [-0.39, 0.29) is 16.8 Å². The van der Waals surface area contributed by atoms with Gasteiger partial charge in [0.1, 0.15) is 5.75 Å². The summed E-state index contributed by atoms with van der Waals surface area (Å²) < 4.78 is 33.5. The quantitative estimate of drug-likeness (QED) is 0.639. The van der Waals surface area contributed by atoms with Gasteiger partial charge in [0, 0.05) is 24.0 Å². The van der Waals surface area contributed by atoms with Crippen LogP contribution in [0, 0.1) is 0 Å². The highest BCUT2D eigenvalue weighted by Crippen LogP contribution is 2.33. The summed E-state index contributed by atoms with van der Waals surface area (Å²) in [5.41, 5.74) is 0.317. The van der Waals surface area contributed by atoms with Crippen LogP contribution in [0.2, 0.25) is 0 Å². The second kappa shape index (κ2) is 9.08. The second-order valence-electron chi connectivity index (χ2n) is 7.92. The Labute approximate surface area is 182 Å². The van der Waals surface area contributed by atoms with Crippen molar-refractivity contribution >= 4 is 27.3 Å². The van der Waals surface area contributed by atoms with Gasteiger partial charge in [0.2, 0.25) is 10.0 Å². The zero-order valence-corrected chi connectivity index (χ0v) is 18.9. The van der Waals surface area contributed by atoms with E-state index in [0.29, 0.717) is 30.9 Å². The van der Waals surface area contributed by atoms with E-state index < -0.39 is 10.0 Å². The second-order valence-corrected chi connectivity index (χ2v) is 10.9. The first kappa shape index (κ1) is 21.3. The summed E-state index contributed by atoms with van der Waals surface area (Å²) in [6.45, 7) is 1.60. The van der Waals surface area contributed by atoms with Crippen LogP contribution in [0.5, 0.6) is 5.75 Å². The van der Waals surface area contributed by atoms with Gasteiger partial charge in [-0.2, -0.15) is 4.31 Å². The summed E-state index contributed by atoms with van der Waals surface area (Å²) in [4.78, 5) is 16.6. The molecule has 0 spiro atoms. The molecule has 4 rings (SSSR count). The number of thiophene rings is 1. The number of sulfonamides is 1. The number of carbonyl (C=O) groups excluding carboxylic acids is 1. The Morgan fingerprint density at radius 2 is 1.90 bits per heavy atom. The largest absolute Gasteiger partial charge is 0.496 e. The number of rotatable bonds is 7. The molecule has 0 radical (unpaired) electrons. The highest BCUT2D eigenvalue weighted by atomic mass is 32.2. The van der Waals surface area contributed by atoms with Gasteiger partial charge >= 0.3 is 0 Å². The number of nitrogens with zero attached hydrogens (tertiary/aromatic N) is 2. The fraction of sp³-hybridized carbons (Fsp3) is 0.500. The Morgan fingerprint density at radius 3 is 2.50 bits per heavy atom. The molecule has 1 aromatic heterocycles. The number of methoxy groups -OCH3 is 1. The van der Waals surface area contributed by atoms with Crippen molar-refractivity contribution in [2.75, 3.05) is 20.2 Å². The van der Waals surface area contributed by atoms with E-state index in [4.69, 9.17) is 4.74 Å². The van der Waals surface area contributed by atoms with Gasteiger partial charge in [-0.3, -0.25) is 4.79 Å². The zero-order valence-electron chi connectivity index (χ0n) is 17.2. The predicted molar refractivity (Wildman–Crippen MR) is 117 cm³/mol. The number of benzene rings is 1. The average Bonchev–Trinajstić information content (AvgIpc) is 3.53. The molecule has 162 valence electrons. The van der Waals surface area contributed by atoms with E-state index in [2.05, 4.69) is 0 Å². The first-order valence-corrected chi connectivity index (χ1v) is 12.8. The summed E-state index contributed by atoms with van der Waals surface area (Å²) >= 11 is 1.62. The van der Waals surface area contributed by atoms with E-state index >= 15 is 0 Å². The topological polar surface area (TPSA) is 66.9 Å². The average molecular weight is 449 g/mol. The normalized spacial score (nSPS) is 18.0. The smallest absolute Gasteiger partial charge is 0.258 e. The monoisotopic (exact) mass is 448 g/mol. The SMILES string of the molecule is COc1ccc(S(=O)(=O)N2CCCCCC2)cc1C(=O)N(Cc1cccs1)C1CC1. The lowest BCUT2D eigenvalue weighted by molar-refractivity contribution is 0.0728. The molecule has 2 aromatic rings. The third kappa shape index (κ3) is 4.55. The van der Waals surface area contributed by atoms with Crippen LogP contribution in [-0.4, -0.2) is 49.8 Å². The molecule has 1 aliphatic heterocycles. The molecule has 2 fully saturated rings. The number of carbonyl (C=O) groups is 1. The molecule has 0 unspecified atom stereocenters. The van der Waals surface area contributed by atoms with Crippen LogP contribution < -0.4 is 4.74 Å².